The van der Waals surface area contributed by atoms with Crippen molar-refractivity contribution < 1.29 is 4.79 Å². The second-order valence-corrected chi connectivity index (χ2v) is 6.50. The highest BCUT2D eigenvalue weighted by molar-refractivity contribution is 5.94. The highest BCUT2D eigenvalue weighted by atomic mass is 16.2. The van der Waals surface area contributed by atoms with Crippen LogP contribution in [0.2, 0.25) is 0 Å². The molecule has 4 rings (SSSR count). The molecule has 2 aliphatic rings. The van der Waals surface area contributed by atoms with Crippen molar-refractivity contribution in [3.05, 3.63) is 36.2 Å². The lowest BCUT2D eigenvalue weighted by molar-refractivity contribution is 0.0385. The van der Waals surface area contributed by atoms with Crippen molar-refractivity contribution in [2.75, 3.05) is 6.54 Å². The smallest absolute Gasteiger partial charge is 0.274 e. The number of carbonyl (C=O) groups is 1. The van der Waals surface area contributed by atoms with Crippen molar-refractivity contribution in [2.24, 2.45) is 5.92 Å². The van der Waals surface area contributed by atoms with Gasteiger partial charge in [0.25, 0.3) is 5.91 Å². The molecule has 2 atom stereocenters. The van der Waals surface area contributed by atoms with Crippen LogP contribution in [0.4, 0.5) is 0 Å². The van der Waals surface area contributed by atoms with Crippen LogP contribution < -0.4 is 0 Å². The lowest BCUT2D eigenvalue weighted by Gasteiger charge is -2.44. The number of aromatic nitrogens is 2. The summed E-state index contributed by atoms with van der Waals surface area (Å²) in [5.74, 6) is 0.759. The highest BCUT2D eigenvalue weighted by Crippen LogP contribution is 2.35. The molecule has 0 radical (unpaired) electrons. The second-order valence-electron chi connectivity index (χ2n) is 6.50. The second kappa shape index (κ2) is 5.67. The third-order valence-corrected chi connectivity index (χ3v) is 5.17. The molecular formula is C18H21N3O. The molecule has 0 N–H and O–H groups in total. The van der Waals surface area contributed by atoms with E-state index >= 15 is 0 Å². The molecule has 1 aliphatic carbocycles. The first-order chi connectivity index (χ1) is 10.8. The monoisotopic (exact) mass is 295 g/mol. The maximum absolute atomic E-state index is 12.9. The fourth-order valence-electron chi connectivity index (χ4n) is 4.08. The molecule has 1 amide bonds. The summed E-state index contributed by atoms with van der Waals surface area (Å²) in [5, 5.41) is 0. The maximum atomic E-state index is 12.9. The van der Waals surface area contributed by atoms with Gasteiger partial charge < -0.3 is 4.90 Å². The number of hydrogen-bond donors (Lipinski definition) is 0. The molecule has 0 spiro atoms. The lowest BCUT2D eigenvalue weighted by Crippen LogP contribution is -2.49. The summed E-state index contributed by atoms with van der Waals surface area (Å²) < 4.78 is 0. The van der Waals surface area contributed by atoms with Crippen LogP contribution in [-0.4, -0.2) is 33.4 Å². The van der Waals surface area contributed by atoms with Gasteiger partial charge in [0.15, 0.2) is 0 Å². The molecule has 1 saturated carbocycles. The number of benzene rings is 1. The molecule has 2 heterocycles. The van der Waals surface area contributed by atoms with E-state index in [0.29, 0.717) is 17.7 Å². The van der Waals surface area contributed by atoms with Gasteiger partial charge >= 0.3 is 0 Å². The average molecular weight is 295 g/mol. The molecule has 1 saturated heterocycles. The van der Waals surface area contributed by atoms with Gasteiger partial charge in [-0.25, -0.2) is 4.98 Å². The molecule has 0 bridgehead atoms. The van der Waals surface area contributed by atoms with E-state index in [1.807, 2.05) is 24.3 Å². The Morgan fingerprint density at radius 3 is 2.73 bits per heavy atom. The quantitative estimate of drug-likeness (QED) is 0.809. The Labute approximate surface area is 130 Å². The van der Waals surface area contributed by atoms with Crippen molar-refractivity contribution in [3.8, 4) is 0 Å². The van der Waals surface area contributed by atoms with Gasteiger partial charge in [0, 0.05) is 12.6 Å². The van der Waals surface area contributed by atoms with Gasteiger partial charge in [-0.15, -0.1) is 0 Å². The zero-order valence-electron chi connectivity index (χ0n) is 12.7. The van der Waals surface area contributed by atoms with Crippen molar-refractivity contribution in [1.29, 1.82) is 0 Å². The Kier molecular flexibility index (Phi) is 3.53. The Morgan fingerprint density at radius 2 is 1.82 bits per heavy atom. The number of carbonyl (C=O) groups excluding carboxylic acids is 1. The number of nitrogens with zero attached hydrogens (tertiary/aromatic N) is 3. The Bertz CT molecular complexity index is 698. The van der Waals surface area contributed by atoms with Crippen LogP contribution in [0.25, 0.3) is 11.0 Å². The lowest BCUT2D eigenvalue weighted by atomic mass is 9.78. The number of amides is 1. The van der Waals surface area contributed by atoms with Gasteiger partial charge in [0.2, 0.25) is 0 Å². The predicted molar refractivity (Wildman–Crippen MR) is 85.6 cm³/mol. The van der Waals surface area contributed by atoms with Crippen LogP contribution >= 0.6 is 0 Å². The van der Waals surface area contributed by atoms with E-state index in [1.54, 1.807) is 6.20 Å². The molecule has 114 valence electrons. The predicted octanol–water partition coefficient (Wildman–Crippen LogP) is 3.42. The van der Waals surface area contributed by atoms with Gasteiger partial charge in [-0.1, -0.05) is 25.0 Å². The van der Waals surface area contributed by atoms with Gasteiger partial charge in [-0.3, -0.25) is 9.78 Å². The standard InChI is InChI=1S/C18H21N3O/c22-18(16-12-19-14-8-2-3-9-15(14)20-16)21-11-5-7-13-6-1-4-10-17(13)21/h2-3,8-9,12-13,17H,1,4-7,10-11H2/t13-,17-/m0/s1. The summed E-state index contributed by atoms with van der Waals surface area (Å²) >= 11 is 0. The molecular weight excluding hydrogens is 274 g/mol. The average Bonchev–Trinajstić information content (AvgIpc) is 2.60. The third-order valence-electron chi connectivity index (χ3n) is 5.17. The minimum atomic E-state index is 0.0647. The van der Waals surface area contributed by atoms with Crippen molar-refractivity contribution in [1.82, 2.24) is 14.9 Å². The van der Waals surface area contributed by atoms with Crippen LogP contribution in [0.3, 0.4) is 0 Å². The van der Waals surface area contributed by atoms with Crippen molar-refractivity contribution >= 4 is 16.9 Å². The van der Waals surface area contributed by atoms with Crippen LogP contribution in [0, 0.1) is 5.92 Å². The third kappa shape index (κ3) is 2.36. The Morgan fingerprint density at radius 1 is 1.05 bits per heavy atom. The maximum Gasteiger partial charge on any atom is 0.274 e. The van der Waals surface area contributed by atoms with E-state index in [-0.39, 0.29) is 5.91 Å². The Balaban J connectivity index is 1.64. The van der Waals surface area contributed by atoms with E-state index in [0.717, 1.165) is 30.4 Å². The fraction of sp³-hybridized carbons (Fsp3) is 0.500. The summed E-state index contributed by atoms with van der Waals surface area (Å²) in [5.41, 5.74) is 2.13. The molecule has 0 unspecified atom stereocenters. The summed E-state index contributed by atoms with van der Waals surface area (Å²) in [6, 6.07) is 8.13. The molecule has 4 heteroatoms. The van der Waals surface area contributed by atoms with Crippen LogP contribution in [0.5, 0.6) is 0 Å². The molecule has 4 nitrogen and oxygen atoms in total. The van der Waals surface area contributed by atoms with Crippen molar-refractivity contribution in [2.45, 2.75) is 44.6 Å². The summed E-state index contributed by atoms with van der Waals surface area (Å²) in [6.07, 6.45) is 9.02. The molecule has 1 aromatic carbocycles. The zero-order chi connectivity index (χ0) is 14.9. The fourth-order valence-corrected chi connectivity index (χ4v) is 4.08. The van der Waals surface area contributed by atoms with E-state index < -0.39 is 0 Å². The molecule has 2 aromatic rings. The number of rotatable bonds is 1. The van der Waals surface area contributed by atoms with Gasteiger partial charge in [0.05, 0.1) is 17.2 Å². The largest absolute Gasteiger partial charge is 0.334 e. The van der Waals surface area contributed by atoms with Gasteiger partial charge in [-0.2, -0.15) is 0 Å². The molecule has 2 fully saturated rings. The summed E-state index contributed by atoms with van der Waals surface area (Å²) in [4.78, 5) is 23.9. The number of para-hydroxylation sites is 2. The highest BCUT2D eigenvalue weighted by Gasteiger charge is 2.36. The number of fused-ring (bicyclic) bond motifs is 2. The first kappa shape index (κ1) is 13.7. The van der Waals surface area contributed by atoms with Crippen LogP contribution in [0.15, 0.2) is 30.5 Å². The number of piperidine rings is 1. The molecule has 1 aliphatic heterocycles. The normalized spacial score (nSPS) is 25.0. The van der Waals surface area contributed by atoms with Gasteiger partial charge in [0.1, 0.15) is 5.69 Å². The molecule has 1 aromatic heterocycles. The summed E-state index contributed by atoms with van der Waals surface area (Å²) in [6.45, 7) is 0.870. The first-order valence-electron chi connectivity index (χ1n) is 8.36. The van der Waals surface area contributed by atoms with E-state index in [9.17, 15) is 4.79 Å². The SMILES string of the molecule is O=C(c1cnc2ccccc2n1)N1CCC[C@@H]2CCCC[C@@H]21. The summed E-state index contributed by atoms with van der Waals surface area (Å²) in [7, 11) is 0. The number of likely N-dealkylation sites (tertiary alicyclic amines) is 1. The molecule has 22 heavy (non-hydrogen) atoms. The first-order valence-corrected chi connectivity index (χ1v) is 8.36. The van der Waals surface area contributed by atoms with E-state index in [4.69, 9.17) is 0 Å². The van der Waals surface area contributed by atoms with Crippen molar-refractivity contribution in [3.63, 3.8) is 0 Å². The van der Waals surface area contributed by atoms with E-state index in [1.165, 1.54) is 25.7 Å². The zero-order valence-corrected chi connectivity index (χ0v) is 12.7. The minimum absolute atomic E-state index is 0.0647. The number of hydrogen-bond acceptors (Lipinski definition) is 3. The minimum Gasteiger partial charge on any atom is -0.334 e. The van der Waals surface area contributed by atoms with Gasteiger partial charge in [-0.05, 0) is 43.7 Å². The topological polar surface area (TPSA) is 46.1 Å². The Hall–Kier alpha value is -1.97. The van der Waals surface area contributed by atoms with Crippen LogP contribution in [0.1, 0.15) is 49.0 Å². The van der Waals surface area contributed by atoms with Crippen LogP contribution in [-0.2, 0) is 0 Å². The van der Waals surface area contributed by atoms with E-state index in [2.05, 4.69) is 14.9 Å².